The van der Waals surface area contributed by atoms with Crippen molar-refractivity contribution >= 4 is 27.3 Å². The van der Waals surface area contributed by atoms with Crippen molar-refractivity contribution in [3.8, 4) is 0 Å². The first kappa shape index (κ1) is 13.7. The Balaban J connectivity index is 3.80. The SMILES string of the molecule is NS(=O)(=O)c1c(Cl)cnc(C(F)F)c1[N+](=O)[O-]. The molecule has 1 heterocycles. The molecule has 7 nitrogen and oxygen atoms in total. The smallest absolute Gasteiger partial charge is 0.258 e. The second-order valence-corrected chi connectivity index (χ2v) is 4.68. The Morgan fingerprint density at radius 1 is 1.53 bits per heavy atom. The van der Waals surface area contributed by atoms with Gasteiger partial charge in [0, 0.05) is 6.20 Å². The maximum absolute atomic E-state index is 12.4. The number of halogens is 3. The molecule has 1 rings (SSSR count). The van der Waals surface area contributed by atoms with E-state index in [1.807, 2.05) is 0 Å². The number of alkyl halides is 2. The molecule has 0 aliphatic carbocycles. The lowest BCUT2D eigenvalue weighted by Crippen LogP contribution is -2.16. The number of aromatic nitrogens is 1. The molecule has 0 amide bonds. The normalized spacial score (nSPS) is 11.8. The van der Waals surface area contributed by atoms with Gasteiger partial charge in [0.15, 0.2) is 10.6 Å². The van der Waals surface area contributed by atoms with E-state index in [2.05, 4.69) is 10.1 Å². The Hall–Kier alpha value is -1.39. The topological polar surface area (TPSA) is 116 Å². The van der Waals surface area contributed by atoms with Crippen molar-refractivity contribution in [2.75, 3.05) is 0 Å². The summed E-state index contributed by atoms with van der Waals surface area (Å²) in [6.45, 7) is 0. The average Bonchev–Trinajstić information content (AvgIpc) is 2.14. The van der Waals surface area contributed by atoms with E-state index in [0.717, 1.165) is 0 Å². The van der Waals surface area contributed by atoms with E-state index in [9.17, 15) is 27.3 Å². The van der Waals surface area contributed by atoms with Crippen LogP contribution in [0.5, 0.6) is 0 Å². The molecule has 0 radical (unpaired) electrons. The molecule has 0 saturated carbocycles. The minimum atomic E-state index is -4.61. The Labute approximate surface area is 98.4 Å². The van der Waals surface area contributed by atoms with Crippen LogP contribution in [-0.2, 0) is 10.0 Å². The molecule has 0 aromatic carbocycles. The lowest BCUT2D eigenvalue weighted by molar-refractivity contribution is -0.389. The summed E-state index contributed by atoms with van der Waals surface area (Å²) in [5, 5.41) is 14.6. The molecule has 1 aromatic rings. The first-order valence-corrected chi connectivity index (χ1v) is 5.72. The quantitative estimate of drug-likeness (QED) is 0.663. The van der Waals surface area contributed by atoms with Gasteiger partial charge in [-0.25, -0.2) is 27.3 Å². The van der Waals surface area contributed by atoms with Gasteiger partial charge in [-0.1, -0.05) is 11.6 Å². The summed E-state index contributed by atoms with van der Waals surface area (Å²) < 4.78 is 47.0. The summed E-state index contributed by atoms with van der Waals surface area (Å²) in [4.78, 5) is 11.1. The Morgan fingerprint density at radius 2 is 2.06 bits per heavy atom. The molecular formula is C6H4ClF2N3O4S. The Morgan fingerprint density at radius 3 is 2.41 bits per heavy atom. The minimum Gasteiger partial charge on any atom is -0.258 e. The summed E-state index contributed by atoms with van der Waals surface area (Å²) in [5.74, 6) is 0. The van der Waals surface area contributed by atoms with Crippen molar-refractivity contribution < 1.29 is 22.1 Å². The lowest BCUT2D eigenvalue weighted by Gasteiger charge is -2.06. The molecule has 94 valence electrons. The molecule has 0 bridgehead atoms. The highest BCUT2D eigenvalue weighted by Gasteiger charge is 2.34. The first-order chi connectivity index (χ1) is 7.66. The first-order valence-electron chi connectivity index (χ1n) is 3.80. The summed E-state index contributed by atoms with van der Waals surface area (Å²) in [6, 6.07) is 0. The number of hydrogen-bond donors (Lipinski definition) is 1. The van der Waals surface area contributed by atoms with Gasteiger partial charge in [-0.2, -0.15) is 0 Å². The van der Waals surface area contributed by atoms with E-state index >= 15 is 0 Å². The molecule has 2 N–H and O–H groups in total. The van der Waals surface area contributed by atoms with Crippen LogP contribution < -0.4 is 5.14 Å². The highest BCUT2D eigenvalue weighted by Crippen LogP contribution is 2.36. The summed E-state index contributed by atoms with van der Waals surface area (Å²) in [6.07, 6.45) is -2.76. The van der Waals surface area contributed by atoms with E-state index in [-0.39, 0.29) is 0 Å². The number of primary sulfonamides is 1. The second kappa shape index (κ2) is 4.47. The van der Waals surface area contributed by atoms with Crippen molar-refractivity contribution in [1.29, 1.82) is 0 Å². The van der Waals surface area contributed by atoms with Crippen molar-refractivity contribution in [3.05, 3.63) is 27.0 Å². The number of hydrogen-bond acceptors (Lipinski definition) is 5. The van der Waals surface area contributed by atoms with Gasteiger partial charge < -0.3 is 0 Å². The van der Waals surface area contributed by atoms with Gasteiger partial charge in [0.1, 0.15) is 0 Å². The number of nitrogens with two attached hydrogens (primary N) is 1. The Kier molecular flexibility index (Phi) is 3.59. The van der Waals surface area contributed by atoms with Gasteiger partial charge in [-0.15, -0.1) is 0 Å². The van der Waals surface area contributed by atoms with E-state index < -0.39 is 42.7 Å². The Bertz CT molecular complexity index is 577. The molecule has 0 unspecified atom stereocenters. The summed E-state index contributed by atoms with van der Waals surface area (Å²) >= 11 is 5.36. The van der Waals surface area contributed by atoms with Crippen LogP contribution in [0.15, 0.2) is 11.1 Å². The third-order valence-electron chi connectivity index (χ3n) is 1.67. The molecule has 17 heavy (non-hydrogen) atoms. The molecule has 1 aromatic heterocycles. The molecule has 0 fully saturated rings. The molecule has 0 atom stereocenters. The van der Waals surface area contributed by atoms with Gasteiger partial charge in [0.05, 0.1) is 9.95 Å². The average molecular weight is 288 g/mol. The molecule has 0 aliphatic heterocycles. The summed E-state index contributed by atoms with van der Waals surface area (Å²) in [7, 11) is -4.61. The standard InChI is InChI=1S/C6H4ClF2N3O4S/c7-2-1-11-3(6(8)9)4(12(13)14)5(2)17(10,15)16/h1,6H,(H2,10,15,16). The molecular weight excluding hydrogens is 284 g/mol. The maximum atomic E-state index is 12.4. The number of nitrogens with zero attached hydrogens (tertiary/aromatic N) is 2. The van der Waals surface area contributed by atoms with Gasteiger partial charge >= 0.3 is 5.69 Å². The largest absolute Gasteiger partial charge is 0.318 e. The van der Waals surface area contributed by atoms with Crippen LogP contribution in [0, 0.1) is 10.1 Å². The zero-order chi connectivity index (χ0) is 13.4. The fraction of sp³-hybridized carbons (Fsp3) is 0.167. The van der Waals surface area contributed by atoms with Crippen molar-refractivity contribution in [2.24, 2.45) is 5.14 Å². The van der Waals surface area contributed by atoms with Crippen molar-refractivity contribution in [2.45, 2.75) is 11.3 Å². The van der Waals surface area contributed by atoms with E-state index in [1.54, 1.807) is 0 Å². The van der Waals surface area contributed by atoms with Crippen molar-refractivity contribution in [3.63, 3.8) is 0 Å². The summed E-state index contributed by atoms with van der Waals surface area (Å²) in [5.41, 5.74) is -2.71. The fourth-order valence-corrected chi connectivity index (χ4v) is 2.32. The molecule has 0 aliphatic rings. The zero-order valence-corrected chi connectivity index (χ0v) is 9.37. The second-order valence-electron chi connectivity index (χ2n) is 2.77. The van der Waals surface area contributed by atoms with Gasteiger partial charge in [0.25, 0.3) is 6.43 Å². The van der Waals surface area contributed by atoms with Crippen LogP contribution in [0.2, 0.25) is 5.02 Å². The number of nitro groups is 1. The van der Waals surface area contributed by atoms with E-state index in [1.165, 1.54) is 0 Å². The number of sulfonamides is 1. The van der Waals surface area contributed by atoms with Crippen LogP contribution in [0.4, 0.5) is 14.5 Å². The van der Waals surface area contributed by atoms with E-state index in [4.69, 9.17) is 11.6 Å². The van der Waals surface area contributed by atoms with Crippen LogP contribution >= 0.6 is 11.6 Å². The highest BCUT2D eigenvalue weighted by molar-refractivity contribution is 7.89. The molecule has 0 saturated heterocycles. The fourth-order valence-electron chi connectivity index (χ4n) is 1.08. The number of rotatable bonds is 3. The predicted octanol–water partition coefficient (Wildman–Crippen LogP) is 1.23. The predicted molar refractivity (Wildman–Crippen MR) is 52.2 cm³/mol. The maximum Gasteiger partial charge on any atom is 0.318 e. The van der Waals surface area contributed by atoms with Crippen LogP contribution in [0.25, 0.3) is 0 Å². The zero-order valence-electron chi connectivity index (χ0n) is 7.80. The highest BCUT2D eigenvalue weighted by atomic mass is 35.5. The monoisotopic (exact) mass is 287 g/mol. The number of pyridine rings is 1. The van der Waals surface area contributed by atoms with Gasteiger partial charge in [0.2, 0.25) is 10.0 Å². The third kappa shape index (κ3) is 2.65. The van der Waals surface area contributed by atoms with Crippen molar-refractivity contribution in [1.82, 2.24) is 4.98 Å². The van der Waals surface area contributed by atoms with Crippen LogP contribution in [0.3, 0.4) is 0 Å². The minimum absolute atomic E-state index is 0.565. The third-order valence-corrected chi connectivity index (χ3v) is 3.05. The van der Waals surface area contributed by atoms with Crippen LogP contribution in [-0.4, -0.2) is 18.3 Å². The van der Waals surface area contributed by atoms with Gasteiger partial charge in [-0.05, 0) is 0 Å². The van der Waals surface area contributed by atoms with Gasteiger partial charge in [-0.3, -0.25) is 10.1 Å². The van der Waals surface area contributed by atoms with Crippen LogP contribution in [0.1, 0.15) is 12.1 Å². The lowest BCUT2D eigenvalue weighted by atomic mass is 10.3. The molecule has 0 spiro atoms. The van der Waals surface area contributed by atoms with E-state index in [0.29, 0.717) is 6.20 Å². The molecule has 11 heteroatoms.